The molecule has 0 fully saturated rings. The van der Waals surface area contributed by atoms with Crippen LogP contribution < -0.4 is 9.47 Å². The van der Waals surface area contributed by atoms with Crippen molar-refractivity contribution >= 4 is 21.2 Å². The molecule has 0 radical (unpaired) electrons. The summed E-state index contributed by atoms with van der Waals surface area (Å²) in [5.41, 5.74) is 0.286. The minimum atomic E-state index is -4.53. The molecule has 0 amide bonds. The number of nitrogens with zero attached hydrogens (tertiary/aromatic N) is 1. The molecule has 1 aromatic heterocycles. The fourth-order valence-electron chi connectivity index (χ4n) is 2.95. The van der Waals surface area contributed by atoms with Gasteiger partial charge in [-0.05, 0) is 36.8 Å². The molecule has 0 aliphatic heterocycles. The largest absolute Gasteiger partial charge is 0.493 e. The molecule has 0 spiro atoms. The van der Waals surface area contributed by atoms with Crippen LogP contribution in [0.3, 0.4) is 0 Å². The first-order valence-corrected chi connectivity index (χ1v) is 11.9. The van der Waals surface area contributed by atoms with Crippen LogP contribution in [0.2, 0.25) is 0 Å². The topological polar surface area (TPSA) is 65.5 Å². The molecule has 10 heteroatoms. The molecule has 3 rings (SSSR count). The fraction of sp³-hybridized carbons (Fsp3) is 0.286. The highest BCUT2D eigenvalue weighted by Gasteiger charge is 2.30. The zero-order valence-electron chi connectivity index (χ0n) is 16.8. The molecule has 166 valence electrons. The molecule has 0 N–H and O–H groups in total. The van der Waals surface area contributed by atoms with Gasteiger partial charge in [0, 0.05) is 10.9 Å². The lowest BCUT2D eigenvalue weighted by Gasteiger charge is -2.10. The molecule has 0 saturated carbocycles. The van der Waals surface area contributed by atoms with E-state index in [-0.39, 0.29) is 11.3 Å². The second-order valence-electron chi connectivity index (χ2n) is 6.67. The second-order valence-corrected chi connectivity index (χ2v) is 9.60. The molecule has 0 aliphatic rings. The third-order valence-corrected chi connectivity index (χ3v) is 6.72. The van der Waals surface area contributed by atoms with Crippen molar-refractivity contribution in [3.8, 4) is 22.1 Å². The predicted molar refractivity (Wildman–Crippen MR) is 113 cm³/mol. The average Bonchev–Trinajstić information content (AvgIpc) is 3.15. The number of hydrogen-bond donors (Lipinski definition) is 0. The van der Waals surface area contributed by atoms with Crippen LogP contribution in [0.1, 0.15) is 23.7 Å². The van der Waals surface area contributed by atoms with E-state index in [9.17, 15) is 21.6 Å². The number of thiazole rings is 1. The Bertz CT molecular complexity index is 1160. The predicted octanol–water partition coefficient (Wildman–Crippen LogP) is 5.35. The second kappa shape index (κ2) is 9.27. The van der Waals surface area contributed by atoms with E-state index in [0.717, 1.165) is 17.7 Å². The average molecular weight is 472 g/mol. The number of sulfone groups is 1. The number of methoxy groups -OCH3 is 1. The first-order chi connectivity index (χ1) is 14.6. The van der Waals surface area contributed by atoms with E-state index in [1.165, 1.54) is 30.6 Å². The number of alkyl halides is 3. The van der Waals surface area contributed by atoms with E-state index in [4.69, 9.17) is 9.47 Å². The quantitative estimate of drug-likeness (QED) is 0.443. The van der Waals surface area contributed by atoms with Crippen molar-refractivity contribution in [3.05, 3.63) is 64.7 Å². The number of halogens is 3. The zero-order valence-corrected chi connectivity index (χ0v) is 18.4. The number of rotatable bonds is 8. The highest BCUT2D eigenvalue weighted by Crippen LogP contribution is 2.34. The summed E-state index contributed by atoms with van der Waals surface area (Å²) in [6.07, 6.45) is -4.53. The van der Waals surface area contributed by atoms with E-state index in [2.05, 4.69) is 4.98 Å². The highest BCUT2D eigenvalue weighted by molar-refractivity contribution is 7.89. The molecule has 31 heavy (non-hydrogen) atoms. The van der Waals surface area contributed by atoms with Crippen molar-refractivity contribution in [3.63, 3.8) is 0 Å². The Morgan fingerprint density at radius 2 is 1.84 bits per heavy atom. The van der Waals surface area contributed by atoms with E-state index in [1.54, 1.807) is 23.6 Å². The van der Waals surface area contributed by atoms with Crippen LogP contribution in [0.25, 0.3) is 10.6 Å². The lowest BCUT2D eigenvalue weighted by atomic mass is 10.1. The van der Waals surface area contributed by atoms with Crippen molar-refractivity contribution in [2.45, 2.75) is 24.6 Å². The van der Waals surface area contributed by atoms with E-state index in [0.29, 0.717) is 28.8 Å². The molecular weight excluding hydrogens is 451 g/mol. The smallest absolute Gasteiger partial charge is 0.416 e. The Morgan fingerprint density at radius 1 is 1.06 bits per heavy atom. The van der Waals surface area contributed by atoms with Gasteiger partial charge in [0.15, 0.2) is 21.3 Å². The molecule has 0 saturated heterocycles. The van der Waals surface area contributed by atoms with Gasteiger partial charge in [-0.3, -0.25) is 0 Å². The molecule has 0 bridgehead atoms. The van der Waals surface area contributed by atoms with Gasteiger partial charge < -0.3 is 9.47 Å². The number of ether oxygens (including phenoxy) is 2. The first-order valence-electron chi connectivity index (χ1n) is 9.23. The van der Waals surface area contributed by atoms with Crippen LogP contribution in [-0.2, 0) is 27.5 Å². The molecule has 0 atom stereocenters. The Kier molecular flexibility index (Phi) is 6.90. The van der Waals surface area contributed by atoms with E-state index < -0.39 is 27.3 Å². The van der Waals surface area contributed by atoms with Gasteiger partial charge in [-0.1, -0.05) is 18.2 Å². The molecule has 3 aromatic rings. The standard InChI is InChI=1S/C21H20F3NO4S2/c1-3-29-18-8-7-15(10-19(18)28-2)20-25-17(11-30-20)13-31(26,27)12-14-5-4-6-16(9-14)21(22,23)24/h4-11H,3,12-13H2,1-2H3. The van der Waals surface area contributed by atoms with Crippen LogP contribution in [0.4, 0.5) is 13.2 Å². The minimum Gasteiger partial charge on any atom is -0.493 e. The number of aromatic nitrogens is 1. The first kappa shape index (κ1) is 23.1. The maximum atomic E-state index is 12.9. The van der Waals surface area contributed by atoms with Crippen molar-refractivity contribution in [2.75, 3.05) is 13.7 Å². The number of benzene rings is 2. The summed E-state index contributed by atoms with van der Waals surface area (Å²) in [4.78, 5) is 4.38. The Hall–Kier alpha value is -2.59. The molecule has 2 aromatic carbocycles. The van der Waals surface area contributed by atoms with E-state index in [1.807, 2.05) is 6.92 Å². The Morgan fingerprint density at radius 3 is 2.52 bits per heavy atom. The summed E-state index contributed by atoms with van der Waals surface area (Å²) >= 11 is 1.27. The van der Waals surface area contributed by atoms with Gasteiger partial charge in [-0.15, -0.1) is 11.3 Å². The maximum Gasteiger partial charge on any atom is 0.416 e. The molecule has 0 unspecified atom stereocenters. The third-order valence-electron chi connectivity index (χ3n) is 4.27. The van der Waals surface area contributed by atoms with Gasteiger partial charge in [-0.25, -0.2) is 13.4 Å². The normalized spacial score (nSPS) is 12.0. The van der Waals surface area contributed by atoms with Gasteiger partial charge in [-0.2, -0.15) is 13.2 Å². The van der Waals surface area contributed by atoms with Crippen LogP contribution in [0.5, 0.6) is 11.5 Å². The maximum absolute atomic E-state index is 12.9. The summed E-state index contributed by atoms with van der Waals surface area (Å²) in [6, 6.07) is 9.64. The van der Waals surface area contributed by atoms with Crippen molar-refractivity contribution in [1.82, 2.24) is 4.98 Å². The Balaban J connectivity index is 1.76. The summed E-state index contributed by atoms with van der Waals surface area (Å²) < 4.78 is 74.5. The van der Waals surface area contributed by atoms with Crippen molar-refractivity contribution in [1.29, 1.82) is 0 Å². The summed E-state index contributed by atoms with van der Waals surface area (Å²) in [6.45, 7) is 2.35. The van der Waals surface area contributed by atoms with Crippen molar-refractivity contribution < 1.29 is 31.1 Å². The molecule has 1 heterocycles. The molecular formula is C21H20F3NO4S2. The monoisotopic (exact) mass is 471 g/mol. The van der Waals surface area contributed by atoms with Crippen LogP contribution >= 0.6 is 11.3 Å². The number of hydrogen-bond acceptors (Lipinski definition) is 6. The summed E-state index contributed by atoms with van der Waals surface area (Å²) in [5, 5.41) is 2.23. The lowest BCUT2D eigenvalue weighted by molar-refractivity contribution is -0.137. The summed E-state index contributed by atoms with van der Waals surface area (Å²) in [7, 11) is -2.19. The molecule has 5 nitrogen and oxygen atoms in total. The fourth-order valence-corrected chi connectivity index (χ4v) is 5.26. The Labute approximate surface area is 182 Å². The van der Waals surface area contributed by atoms with Gasteiger partial charge in [0.25, 0.3) is 0 Å². The van der Waals surface area contributed by atoms with Crippen LogP contribution in [0, 0.1) is 0 Å². The SMILES string of the molecule is CCOc1ccc(-c2nc(CS(=O)(=O)Cc3cccc(C(F)(F)F)c3)cs2)cc1OC. The van der Waals surface area contributed by atoms with Crippen molar-refractivity contribution in [2.24, 2.45) is 0 Å². The van der Waals surface area contributed by atoms with Gasteiger partial charge in [0.1, 0.15) is 5.01 Å². The van der Waals surface area contributed by atoms with Gasteiger partial charge in [0.2, 0.25) is 0 Å². The van der Waals surface area contributed by atoms with Gasteiger partial charge in [0.05, 0.1) is 36.5 Å². The zero-order chi connectivity index (χ0) is 22.6. The van der Waals surface area contributed by atoms with Crippen LogP contribution in [-0.4, -0.2) is 27.1 Å². The van der Waals surface area contributed by atoms with E-state index >= 15 is 0 Å². The minimum absolute atomic E-state index is 0.0847. The van der Waals surface area contributed by atoms with Crippen LogP contribution in [0.15, 0.2) is 47.8 Å². The third kappa shape index (κ3) is 5.98. The highest BCUT2D eigenvalue weighted by atomic mass is 32.2. The summed E-state index contributed by atoms with van der Waals surface area (Å²) in [5.74, 6) is 0.261. The van der Waals surface area contributed by atoms with Gasteiger partial charge >= 0.3 is 6.18 Å². The molecule has 0 aliphatic carbocycles. The lowest BCUT2D eigenvalue weighted by Crippen LogP contribution is -2.10.